The highest BCUT2D eigenvalue weighted by Gasteiger charge is 2.43. The zero-order valence-corrected chi connectivity index (χ0v) is 17.7. The summed E-state index contributed by atoms with van der Waals surface area (Å²) in [5, 5.41) is 0. The van der Waals surface area contributed by atoms with E-state index in [4.69, 9.17) is 4.18 Å². The monoisotopic (exact) mass is 453 g/mol. The summed E-state index contributed by atoms with van der Waals surface area (Å²) in [5.41, 5.74) is -0.625. The van der Waals surface area contributed by atoms with Gasteiger partial charge in [-0.15, -0.1) is 0 Å². The van der Waals surface area contributed by atoms with Gasteiger partial charge in [0.2, 0.25) is 0 Å². The van der Waals surface area contributed by atoms with Gasteiger partial charge in [0.15, 0.2) is 0 Å². The average molecular weight is 454 g/mol. The smallest absolute Gasteiger partial charge is 0.334 e. The molecule has 0 unspecified atom stereocenters. The first kappa shape index (κ1) is 21.7. The summed E-state index contributed by atoms with van der Waals surface area (Å²) >= 11 is 0. The average Bonchev–Trinajstić information content (AvgIpc) is 2.83. The van der Waals surface area contributed by atoms with E-state index in [1.54, 1.807) is 0 Å². The van der Waals surface area contributed by atoms with Gasteiger partial charge in [0.25, 0.3) is 0 Å². The summed E-state index contributed by atoms with van der Waals surface area (Å²) in [7, 11) is -2.43. The highest BCUT2D eigenvalue weighted by molar-refractivity contribution is 8.30. The maximum Gasteiger partial charge on any atom is 0.531 e. The Labute approximate surface area is 185 Å². The minimum atomic E-state index is -4.46. The zero-order chi connectivity index (χ0) is 22.6. The molecule has 0 aromatic heterocycles. The van der Waals surface area contributed by atoms with Crippen molar-refractivity contribution in [1.82, 2.24) is 0 Å². The van der Waals surface area contributed by atoms with Crippen LogP contribution in [0.4, 0.5) is 13.2 Å². The van der Waals surface area contributed by atoms with E-state index >= 15 is 0 Å². The van der Waals surface area contributed by atoms with Gasteiger partial charge in [0.1, 0.15) is 5.56 Å². The van der Waals surface area contributed by atoms with E-state index in [0.29, 0.717) is 0 Å². The van der Waals surface area contributed by atoms with Crippen LogP contribution in [-0.2, 0) is 10.4 Å². The molecule has 0 amide bonds. The van der Waals surface area contributed by atoms with Gasteiger partial charge < -0.3 is 4.79 Å². The minimum Gasteiger partial charge on any atom is -0.334 e. The number of benzene rings is 4. The lowest BCUT2D eigenvalue weighted by Crippen LogP contribution is -2.15. The van der Waals surface area contributed by atoms with Crippen LogP contribution in [0.2, 0.25) is 0 Å². The van der Waals surface area contributed by atoms with E-state index in [1.807, 2.05) is 91.0 Å². The molecule has 0 aliphatic rings. The molecule has 4 rings (SSSR count). The zero-order valence-electron chi connectivity index (χ0n) is 16.9. The van der Waals surface area contributed by atoms with Crippen LogP contribution in [0.1, 0.15) is 11.1 Å². The molecule has 0 radical (unpaired) electrons. The number of halogens is 3. The third-order valence-electron chi connectivity index (χ3n) is 4.89. The molecule has 0 aliphatic carbocycles. The summed E-state index contributed by atoms with van der Waals surface area (Å²) in [5.74, 6) is -0.440. The molecular weight excluding hydrogens is 433 g/mol. The molecule has 4 aromatic rings. The molecule has 0 heterocycles. The molecule has 0 atom stereocenters. The standard InChI is InChI=1S/C26H19F3O2S/c27-26(28,29)21-18-16-20(17-19-21)25(30)31-32(22-10-4-1-5-11-22,23-12-6-2-7-13-23)24-14-8-3-9-15-24/h1-19H/p+1. The van der Waals surface area contributed by atoms with Crippen LogP contribution in [0.5, 0.6) is 0 Å². The van der Waals surface area contributed by atoms with Crippen molar-refractivity contribution >= 4 is 16.3 Å². The maximum absolute atomic E-state index is 13.0. The molecule has 0 spiro atoms. The molecule has 162 valence electrons. The number of rotatable bonds is 5. The van der Waals surface area contributed by atoms with Gasteiger partial charge in [-0.25, -0.2) is 4.18 Å². The van der Waals surface area contributed by atoms with Crippen molar-refractivity contribution in [3.63, 3.8) is 0 Å². The second-order valence-corrected chi connectivity index (χ2v) is 9.65. The Hall–Kier alpha value is -3.51. The van der Waals surface area contributed by atoms with Crippen molar-refractivity contribution in [2.75, 3.05) is 0 Å². The SMILES string of the molecule is [OH+]=C(OS(c1ccccc1)(c1ccccc1)c1ccccc1)c1ccc(C(F)(F)F)cc1. The van der Waals surface area contributed by atoms with Gasteiger partial charge in [0, 0.05) is 0 Å². The topological polar surface area (TPSA) is 30.6 Å². The minimum absolute atomic E-state index is 0.165. The fraction of sp³-hybridized carbons (Fsp3) is 0.0385. The lowest BCUT2D eigenvalue weighted by molar-refractivity contribution is -0.137. The van der Waals surface area contributed by atoms with Crippen LogP contribution in [0.25, 0.3) is 0 Å². The predicted octanol–water partition coefficient (Wildman–Crippen LogP) is 7.47. The van der Waals surface area contributed by atoms with Gasteiger partial charge in [-0.05, 0) is 60.7 Å². The van der Waals surface area contributed by atoms with E-state index < -0.39 is 28.0 Å². The molecule has 0 bridgehead atoms. The summed E-state index contributed by atoms with van der Waals surface area (Å²) in [4.78, 5) is 13.5. The Morgan fingerprint density at radius 2 is 0.969 bits per heavy atom. The molecule has 4 aromatic carbocycles. The molecular formula is C26H20F3O2S+. The van der Waals surface area contributed by atoms with Crippen molar-refractivity contribution in [1.29, 1.82) is 0 Å². The van der Waals surface area contributed by atoms with E-state index in [9.17, 15) is 18.0 Å². The van der Waals surface area contributed by atoms with E-state index in [0.717, 1.165) is 26.8 Å². The molecule has 6 heteroatoms. The van der Waals surface area contributed by atoms with Crippen molar-refractivity contribution in [3.8, 4) is 0 Å². The highest BCUT2D eigenvalue weighted by Crippen LogP contribution is 2.69. The maximum atomic E-state index is 13.0. The molecule has 1 N–H and O–H groups in total. The van der Waals surface area contributed by atoms with Crippen molar-refractivity contribution in [3.05, 3.63) is 126 Å². The lowest BCUT2D eigenvalue weighted by Gasteiger charge is -2.33. The molecule has 32 heavy (non-hydrogen) atoms. The summed E-state index contributed by atoms with van der Waals surface area (Å²) in [6, 6.07) is 32.9. The van der Waals surface area contributed by atoms with Crippen LogP contribution in [0, 0.1) is 0 Å². The van der Waals surface area contributed by atoms with E-state index in [2.05, 4.69) is 0 Å². The highest BCUT2D eigenvalue weighted by atomic mass is 32.3. The Morgan fingerprint density at radius 1 is 0.594 bits per heavy atom. The summed E-state index contributed by atoms with van der Waals surface area (Å²) in [6.07, 6.45) is -4.46. The van der Waals surface area contributed by atoms with Gasteiger partial charge in [-0.1, -0.05) is 54.6 Å². The first-order valence-electron chi connectivity index (χ1n) is 9.83. The number of hydrogen-bond acceptors (Lipinski definition) is 1. The molecule has 0 saturated heterocycles. The second kappa shape index (κ2) is 8.93. The molecule has 0 fully saturated rings. The second-order valence-electron chi connectivity index (χ2n) is 6.96. The molecule has 2 nitrogen and oxygen atoms in total. The largest absolute Gasteiger partial charge is 0.531 e. The van der Waals surface area contributed by atoms with Crippen LogP contribution in [0.3, 0.4) is 0 Å². The summed E-state index contributed by atoms with van der Waals surface area (Å²) in [6.45, 7) is 0. The summed E-state index contributed by atoms with van der Waals surface area (Å²) < 4.78 is 45.3. The van der Waals surface area contributed by atoms with Crippen LogP contribution in [0.15, 0.2) is 130 Å². The molecule has 0 aliphatic heterocycles. The quantitative estimate of drug-likeness (QED) is 0.288. The Bertz CT molecular complexity index is 1080. The third-order valence-corrected chi connectivity index (χ3v) is 8.10. The third kappa shape index (κ3) is 4.27. The lowest BCUT2D eigenvalue weighted by atomic mass is 10.1. The normalized spacial score (nSPS) is 12.2. The first-order chi connectivity index (χ1) is 15.4. The number of alkyl halides is 3. The first-order valence-corrected chi connectivity index (χ1v) is 11.4. The Balaban J connectivity index is 1.85. The van der Waals surface area contributed by atoms with Gasteiger partial charge in [-0.2, -0.15) is 13.2 Å². The number of carbonyl (C=O) groups excluding carboxylic acids is 1. The van der Waals surface area contributed by atoms with Crippen LogP contribution in [-0.4, -0.2) is 10.8 Å². The Morgan fingerprint density at radius 3 is 1.31 bits per heavy atom. The van der Waals surface area contributed by atoms with Crippen LogP contribution >= 0.6 is 10.3 Å². The molecule has 0 saturated carbocycles. The fourth-order valence-electron chi connectivity index (χ4n) is 3.36. The van der Waals surface area contributed by atoms with Gasteiger partial charge in [0.05, 0.1) is 30.6 Å². The van der Waals surface area contributed by atoms with Gasteiger partial charge in [-0.3, -0.25) is 0 Å². The van der Waals surface area contributed by atoms with E-state index in [1.165, 1.54) is 12.1 Å². The Kier molecular flexibility index (Phi) is 6.06. The van der Waals surface area contributed by atoms with Crippen molar-refractivity contribution in [2.45, 2.75) is 20.9 Å². The van der Waals surface area contributed by atoms with Crippen molar-refractivity contribution < 1.29 is 22.1 Å². The number of hydrogen-bond donors (Lipinski definition) is 0. The van der Waals surface area contributed by atoms with E-state index in [-0.39, 0.29) is 5.56 Å². The van der Waals surface area contributed by atoms with Gasteiger partial charge >= 0.3 is 12.1 Å². The fourth-order valence-corrected chi connectivity index (χ4v) is 6.42. The predicted molar refractivity (Wildman–Crippen MR) is 120 cm³/mol. The van der Waals surface area contributed by atoms with Crippen LogP contribution < -0.4 is 0 Å². The van der Waals surface area contributed by atoms with Crippen molar-refractivity contribution in [2.24, 2.45) is 0 Å².